The lowest BCUT2D eigenvalue weighted by Crippen LogP contribution is -2.15. The number of hydrogen-bond donors (Lipinski definition) is 1. The van der Waals surface area contributed by atoms with Gasteiger partial charge in [0.1, 0.15) is 5.82 Å². The van der Waals surface area contributed by atoms with Crippen LogP contribution in [0.5, 0.6) is 0 Å². The van der Waals surface area contributed by atoms with Crippen molar-refractivity contribution in [3.05, 3.63) is 88.5 Å². The highest BCUT2D eigenvalue weighted by Gasteiger charge is 2.20. The van der Waals surface area contributed by atoms with Gasteiger partial charge in [-0.3, -0.25) is 0 Å². The molecule has 0 radical (unpaired) electrons. The first kappa shape index (κ1) is 19.8. The lowest BCUT2D eigenvalue weighted by molar-refractivity contribution is 0.0526. The highest BCUT2D eigenvalue weighted by atomic mass is 19.1. The number of benzene rings is 2. The summed E-state index contributed by atoms with van der Waals surface area (Å²) in [7, 11) is 0. The molecule has 0 aliphatic rings. The van der Waals surface area contributed by atoms with Crippen LogP contribution in [0.3, 0.4) is 0 Å². The number of hydrogen-bond acceptors (Lipinski definition) is 2. The van der Waals surface area contributed by atoms with Crippen molar-refractivity contribution in [1.82, 2.24) is 4.57 Å². The highest BCUT2D eigenvalue weighted by Crippen LogP contribution is 2.26. The van der Waals surface area contributed by atoms with Gasteiger partial charge in [-0.2, -0.15) is 0 Å². The number of halogens is 1. The molecule has 0 aliphatic carbocycles. The first-order valence-corrected chi connectivity index (χ1v) is 9.23. The summed E-state index contributed by atoms with van der Waals surface area (Å²) in [5.41, 5.74) is 4.29. The Kier molecular flexibility index (Phi) is 5.95. The summed E-state index contributed by atoms with van der Waals surface area (Å²) < 4.78 is 21.4. The first-order chi connectivity index (χ1) is 13.4. The molecule has 3 rings (SSSR count). The van der Waals surface area contributed by atoms with Crippen LogP contribution >= 0.6 is 0 Å². The van der Waals surface area contributed by atoms with Crippen LogP contribution in [-0.4, -0.2) is 21.7 Å². The fourth-order valence-corrected chi connectivity index (χ4v) is 3.41. The predicted octanol–water partition coefficient (Wildman–Crippen LogP) is 5.08. The quantitative estimate of drug-likeness (QED) is 0.621. The predicted molar refractivity (Wildman–Crippen MR) is 107 cm³/mol. The minimum Gasteiger partial charge on any atom is -0.478 e. The van der Waals surface area contributed by atoms with Crippen LogP contribution in [0.1, 0.15) is 39.8 Å². The molecule has 28 heavy (non-hydrogen) atoms. The van der Waals surface area contributed by atoms with E-state index in [1.165, 1.54) is 12.1 Å². The second kappa shape index (κ2) is 8.40. The SMILES string of the molecule is Cc1cc(F)ccc1-n1c(C[C@H](C)OCc2ccccc2)cc(C(=O)O)c1C. The number of aryl methyl sites for hydroxylation is 1. The van der Waals surface area contributed by atoms with E-state index in [0.29, 0.717) is 18.7 Å². The van der Waals surface area contributed by atoms with E-state index in [0.717, 1.165) is 22.5 Å². The molecule has 1 heterocycles. The van der Waals surface area contributed by atoms with Gasteiger partial charge < -0.3 is 14.4 Å². The fraction of sp³-hybridized carbons (Fsp3) is 0.261. The second-order valence-electron chi connectivity index (χ2n) is 7.02. The lowest BCUT2D eigenvalue weighted by Gasteiger charge is -2.18. The van der Waals surface area contributed by atoms with Gasteiger partial charge in [-0.15, -0.1) is 0 Å². The molecule has 0 fully saturated rings. The Bertz CT molecular complexity index is 979. The summed E-state index contributed by atoms with van der Waals surface area (Å²) in [6.45, 7) is 6.04. The zero-order valence-corrected chi connectivity index (χ0v) is 16.3. The van der Waals surface area contributed by atoms with Crippen molar-refractivity contribution in [3.63, 3.8) is 0 Å². The van der Waals surface area contributed by atoms with Crippen LogP contribution in [0.4, 0.5) is 4.39 Å². The molecule has 5 heteroatoms. The zero-order valence-electron chi connectivity index (χ0n) is 16.3. The molecule has 1 aromatic heterocycles. The normalized spacial score (nSPS) is 12.1. The van der Waals surface area contributed by atoms with Crippen molar-refractivity contribution in [2.45, 2.75) is 39.9 Å². The van der Waals surface area contributed by atoms with Gasteiger partial charge in [-0.05, 0) is 56.2 Å². The van der Waals surface area contributed by atoms with Gasteiger partial charge in [0.15, 0.2) is 0 Å². The molecule has 1 atom stereocenters. The van der Waals surface area contributed by atoms with Gasteiger partial charge in [-0.1, -0.05) is 30.3 Å². The Labute approximate surface area is 164 Å². The van der Waals surface area contributed by atoms with E-state index in [4.69, 9.17) is 4.74 Å². The van der Waals surface area contributed by atoms with Crippen LogP contribution in [0.15, 0.2) is 54.6 Å². The van der Waals surface area contributed by atoms with Crippen molar-refractivity contribution in [3.8, 4) is 5.69 Å². The Morgan fingerprint density at radius 3 is 2.50 bits per heavy atom. The van der Waals surface area contributed by atoms with Crippen LogP contribution < -0.4 is 0 Å². The maximum Gasteiger partial charge on any atom is 0.337 e. The molecule has 3 aromatic rings. The van der Waals surface area contributed by atoms with E-state index >= 15 is 0 Å². The third-order valence-electron chi connectivity index (χ3n) is 4.83. The third kappa shape index (κ3) is 4.31. The first-order valence-electron chi connectivity index (χ1n) is 9.23. The molecule has 4 nitrogen and oxygen atoms in total. The molecule has 0 bridgehead atoms. The van der Waals surface area contributed by atoms with E-state index < -0.39 is 5.97 Å². The monoisotopic (exact) mass is 381 g/mol. The number of carbonyl (C=O) groups is 1. The number of ether oxygens (including phenoxy) is 1. The largest absolute Gasteiger partial charge is 0.478 e. The molecular formula is C23H24FNO3. The van der Waals surface area contributed by atoms with Crippen molar-refractivity contribution in [2.75, 3.05) is 0 Å². The van der Waals surface area contributed by atoms with Gasteiger partial charge in [0.2, 0.25) is 0 Å². The summed E-state index contributed by atoms with van der Waals surface area (Å²) in [5.74, 6) is -1.29. The molecule has 0 saturated heterocycles. The van der Waals surface area contributed by atoms with E-state index in [1.54, 1.807) is 19.1 Å². The average Bonchev–Trinajstić information content (AvgIpc) is 2.97. The number of carboxylic acid groups (broad SMARTS) is 1. The van der Waals surface area contributed by atoms with Crippen LogP contribution in [-0.2, 0) is 17.8 Å². The van der Waals surface area contributed by atoms with Crippen LogP contribution in [0, 0.1) is 19.7 Å². The minimum atomic E-state index is -0.977. The fourth-order valence-electron chi connectivity index (χ4n) is 3.41. The lowest BCUT2D eigenvalue weighted by atomic mass is 10.1. The molecule has 2 aromatic carbocycles. The van der Waals surface area contributed by atoms with Crippen molar-refractivity contribution in [1.29, 1.82) is 0 Å². The Morgan fingerprint density at radius 1 is 1.14 bits per heavy atom. The molecule has 0 aliphatic heterocycles. The Hall–Kier alpha value is -2.92. The van der Waals surface area contributed by atoms with Gasteiger partial charge in [0.25, 0.3) is 0 Å². The molecule has 0 spiro atoms. The summed E-state index contributed by atoms with van der Waals surface area (Å²) >= 11 is 0. The van der Waals surface area contributed by atoms with Gasteiger partial charge in [-0.25, -0.2) is 9.18 Å². The molecule has 1 N–H and O–H groups in total. The summed E-state index contributed by atoms with van der Waals surface area (Å²) in [6.07, 6.45) is 0.424. The number of rotatable bonds is 7. The standard InChI is InChI=1S/C23H24FNO3/c1-15-11-19(24)9-10-22(15)25-17(3)21(23(26)27)13-20(25)12-16(2)28-14-18-7-5-4-6-8-18/h4-11,13,16H,12,14H2,1-3H3,(H,26,27)/t16-/m0/s1. The van der Waals surface area contributed by atoms with Crippen LogP contribution in [0.2, 0.25) is 0 Å². The van der Waals surface area contributed by atoms with E-state index in [2.05, 4.69) is 0 Å². The van der Waals surface area contributed by atoms with Gasteiger partial charge >= 0.3 is 5.97 Å². The number of nitrogens with zero attached hydrogens (tertiary/aromatic N) is 1. The number of carboxylic acids is 1. The smallest absolute Gasteiger partial charge is 0.337 e. The third-order valence-corrected chi connectivity index (χ3v) is 4.83. The number of aromatic nitrogens is 1. The van der Waals surface area contributed by atoms with E-state index in [1.807, 2.05) is 48.7 Å². The Balaban J connectivity index is 1.89. The van der Waals surface area contributed by atoms with Crippen molar-refractivity contribution in [2.24, 2.45) is 0 Å². The zero-order chi connectivity index (χ0) is 20.3. The summed E-state index contributed by atoms with van der Waals surface area (Å²) in [6, 6.07) is 16.1. The van der Waals surface area contributed by atoms with Crippen molar-refractivity contribution < 1.29 is 19.0 Å². The van der Waals surface area contributed by atoms with E-state index in [9.17, 15) is 14.3 Å². The topological polar surface area (TPSA) is 51.5 Å². The Morgan fingerprint density at radius 2 is 1.86 bits per heavy atom. The molecule has 0 amide bonds. The molecule has 146 valence electrons. The molecular weight excluding hydrogens is 357 g/mol. The maximum absolute atomic E-state index is 13.5. The molecule has 0 unspecified atom stereocenters. The van der Waals surface area contributed by atoms with Gasteiger partial charge in [0.05, 0.1) is 18.3 Å². The maximum atomic E-state index is 13.5. The van der Waals surface area contributed by atoms with Gasteiger partial charge in [0, 0.05) is 23.5 Å². The average molecular weight is 381 g/mol. The molecule has 0 saturated carbocycles. The van der Waals surface area contributed by atoms with Crippen molar-refractivity contribution >= 4 is 5.97 Å². The summed E-state index contributed by atoms with van der Waals surface area (Å²) in [4.78, 5) is 11.6. The minimum absolute atomic E-state index is 0.115. The van der Waals surface area contributed by atoms with Crippen LogP contribution in [0.25, 0.3) is 5.69 Å². The highest BCUT2D eigenvalue weighted by molar-refractivity contribution is 5.89. The second-order valence-corrected chi connectivity index (χ2v) is 7.02. The summed E-state index contributed by atoms with van der Waals surface area (Å²) in [5, 5.41) is 9.55. The number of aromatic carboxylic acids is 1. The van der Waals surface area contributed by atoms with E-state index in [-0.39, 0.29) is 17.5 Å².